The van der Waals surface area contributed by atoms with Crippen LogP contribution < -0.4 is 4.78 Å². The SMILES string of the molecule is CC1(C)OB(c2sccc2C2CCCCC2)OC1(C)C. The fraction of sp³-hybridized carbons (Fsp3) is 0.750. The minimum Gasteiger partial charge on any atom is -0.399 e. The van der Waals surface area contributed by atoms with Crippen molar-refractivity contribution in [1.29, 1.82) is 0 Å². The fourth-order valence-corrected chi connectivity index (χ4v) is 4.16. The minimum absolute atomic E-state index is 0.183. The van der Waals surface area contributed by atoms with Crippen LogP contribution in [0.3, 0.4) is 0 Å². The van der Waals surface area contributed by atoms with Gasteiger partial charge in [0.2, 0.25) is 0 Å². The molecule has 20 heavy (non-hydrogen) atoms. The molecule has 0 radical (unpaired) electrons. The van der Waals surface area contributed by atoms with Gasteiger partial charge in [0.25, 0.3) is 0 Å². The third-order valence-electron chi connectivity index (χ3n) is 5.24. The van der Waals surface area contributed by atoms with Gasteiger partial charge in [0.15, 0.2) is 0 Å². The molecule has 1 aliphatic carbocycles. The Morgan fingerprint density at radius 3 is 2.25 bits per heavy atom. The second kappa shape index (κ2) is 5.15. The third kappa shape index (κ3) is 2.47. The Labute approximate surface area is 127 Å². The molecule has 4 heteroatoms. The molecule has 1 aromatic heterocycles. The van der Waals surface area contributed by atoms with Crippen LogP contribution in [-0.4, -0.2) is 18.3 Å². The van der Waals surface area contributed by atoms with Crippen LogP contribution in [-0.2, 0) is 9.31 Å². The summed E-state index contributed by atoms with van der Waals surface area (Å²) in [5.74, 6) is 0.712. The minimum atomic E-state index is -0.245. The van der Waals surface area contributed by atoms with Gasteiger partial charge in [-0.3, -0.25) is 0 Å². The molecule has 1 aromatic rings. The molecule has 0 aromatic carbocycles. The number of hydrogen-bond donors (Lipinski definition) is 0. The lowest BCUT2D eigenvalue weighted by Gasteiger charge is -2.32. The maximum atomic E-state index is 6.23. The van der Waals surface area contributed by atoms with Gasteiger partial charge in [-0.05, 0) is 63.5 Å². The zero-order valence-corrected chi connectivity index (χ0v) is 13.9. The van der Waals surface area contributed by atoms with Crippen molar-refractivity contribution >= 4 is 23.2 Å². The van der Waals surface area contributed by atoms with Gasteiger partial charge >= 0.3 is 7.12 Å². The normalized spacial score (nSPS) is 26.1. The highest BCUT2D eigenvalue weighted by atomic mass is 32.1. The summed E-state index contributed by atoms with van der Waals surface area (Å²) in [5, 5.41) is 2.20. The molecule has 0 amide bonds. The molecular formula is C16H25BO2S. The van der Waals surface area contributed by atoms with Crippen LogP contribution in [0.15, 0.2) is 11.4 Å². The topological polar surface area (TPSA) is 18.5 Å². The zero-order chi connectivity index (χ0) is 14.4. The molecule has 3 rings (SSSR count). The molecule has 0 spiro atoms. The highest BCUT2D eigenvalue weighted by Gasteiger charge is 2.52. The van der Waals surface area contributed by atoms with Gasteiger partial charge in [0.1, 0.15) is 0 Å². The van der Waals surface area contributed by atoms with Crippen molar-refractivity contribution in [2.45, 2.75) is 76.9 Å². The molecule has 2 aliphatic rings. The number of thiophene rings is 1. The van der Waals surface area contributed by atoms with Gasteiger partial charge in [-0.15, -0.1) is 0 Å². The van der Waals surface area contributed by atoms with Crippen molar-refractivity contribution in [3.05, 3.63) is 17.0 Å². The van der Waals surface area contributed by atoms with E-state index in [2.05, 4.69) is 39.1 Å². The van der Waals surface area contributed by atoms with E-state index in [0.717, 1.165) is 0 Å². The quantitative estimate of drug-likeness (QED) is 0.764. The maximum Gasteiger partial charge on any atom is 0.505 e. The van der Waals surface area contributed by atoms with E-state index < -0.39 is 0 Å². The average molecular weight is 292 g/mol. The maximum absolute atomic E-state index is 6.23. The summed E-state index contributed by atoms with van der Waals surface area (Å²) in [6.07, 6.45) is 6.77. The van der Waals surface area contributed by atoms with E-state index in [1.54, 1.807) is 11.3 Å². The van der Waals surface area contributed by atoms with E-state index in [1.165, 1.54) is 42.4 Å². The largest absolute Gasteiger partial charge is 0.505 e. The lowest BCUT2D eigenvalue weighted by Crippen LogP contribution is -2.41. The van der Waals surface area contributed by atoms with Crippen LogP contribution in [0, 0.1) is 0 Å². The van der Waals surface area contributed by atoms with Crippen LogP contribution in [0.2, 0.25) is 0 Å². The van der Waals surface area contributed by atoms with Gasteiger partial charge in [0.05, 0.1) is 11.2 Å². The summed E-state index contributed by atoms with van der Waals surface area (Å²) in [5.41, 5.74) is 0.991. The molecule has 0 bridgehead atoms. The summed E-state index contributed by atoms with van der Waals surface area (Å²) >= 11 is 1.79. The second-order valence-corrected chi connectivity index (χ2v) is 8.11. The predicted molar refractivity (Wildman–Crippen MR) is 85.9 cm³/mol. The Bertz CT molecular complexity index is 459. The summed E-state index contributed by atoms with van der Waals surface area (Å²) in [7, 11) is -0.183. The Morgan fingerprint density at radius 1 is 1.05 bits per heavy atom. The third-order valence-corrected chi connectivity index (χ3v) is 6.19. The van der Waals surface area contributed by atoms with Crippen molar-refractivity contribution < 1.29 is 9.31 Å². The average Bonchev–Trinajstić information content (AvgIpc) is 2.94. The first-order chi connectivity index (χ1) is 9.41. The Kier molecular flexibility index (Phi) is 3.76. The van der Waals surface area contributed by atoms with E-state index >= 15 is 0 Å². The molecule has 110 valence electrons. The van der Waals surface area contributed by atoms with Crippen LogP contribution in [0.25, 0.3) is 0 Å². The van der Waals surface area contributed by atoms with Crippen molar-refractivity contribution in [3.63, 3.8) is 0 Å². The monoisotopic (exact) mass is 292 g/mol. The molecule has 1 aliphatic heterocycles. The highest BCUT2D eigenvalue weighted by Crippen LogP contribution is 2.39. The van der Waals surface area contributed by atoms with Gasteiger partial charge < -0.3 is 9.31 Å². The number of hydrogen-bond acceptors (Lipinski definition) is 3. The molecule has 1 saturated heterocycles. The first-order valence-corrected chi connectivity index (χ1v) is 8.71. The predicted octanol–water partition coefficient (Wildman–Crippen LogP) is 4.10. The Balaban J connectivity index is 1.84. The van der Waals surface area contributed by atoms with E-state index in [-0.39, 0.29) is 18.3 Å². The van der Waals surface area contributed by atoms with Crippen LogP contribution in [0.1, 0.15) is 71.3 Å². The first kappa shape index (κ1) is 14.6. The van der Waals surface area contributed by atoms with Gasteiger partial charge in [-0.2, -0.15) is 11.3 Å². The summed E-state index contributed by atoms with van der Waals surface area (Å²) < 4.78 is 13.8. The molecule has 2 fully saturated rings. The molecule has 0 unspecified atom stereocenters. The standard InChI is InChI=1S/C16H25BO2S/c1-15(2)16(3,4)19-17(18-15)14-13(10-11-20-14)12-8-6-5-7-9-12/h10-12H,5-9H2,1-4H3. The van der Waals surface area contributed by atoms with Gasteiger partial charge in [-0.25, -0.2) is 0 Å². The van der Waals surface area contributed by atoms with Crippen LogP contribution in [0.5, 0.6) is 0 Å². The summed E-state index contributed by atoms with van der Waals surface area (Å²) in [4.78, 5) is 0. The first-order valence-electron chi connectivity index (χ1n) is 7.84. The van der Waals surface area contributed by atoms with Gasteiger partial charge in [-0.1, -0.05) is 19.3 Å². The molecule has 0 atom stereocenters. The lowest BCUT2D eigenvalue weighted by atomic mass is 9.76. The molecule has 1 saturated carbocycles. The second-order valence-electron chi connectivity index (χ2n) is 7.16. The lowest BCUT2D eigenvalue weighted by molar-refractivity contribution is 0.00578. The van der Waals surface area contributed by atoms with E-state index in [1.807, 2.05) is 0 Å². The number of rotatable bonds is 2. The summed E-state index contributed by atoms with van der Waals surface area (Å²) in [6, 6.07) is 2.29. The smallest absolute Gasteiger partial charge is 0.399 e. The molecule has 0 N–H and O–H groups in total. The molecular weight excluding hydrogens is 267 g/mol. The Morgan fingerprint density at radius 2 is 1.65 bits per heavy atom. The molecule has 2 heterocycles. The zero-order valence-electron chi connectivity index (χ0n) is 13.1. The van der Waals surface area contributed by atoms with Crippen molar-refractivity contribution in [2.24, 2.45) is 0 Å². The van der Waals surface area contributed by atoms with Crippen molar-refractivity contribution in [3.8, 4) is 0 Å². The molecule has 2 nitrogen and oxygen atoms in total. The highest BCUT2D eigenvalue weighted by molar-refractivity contribution is 7.21. The van der Waals surface area contributed by atoms with E-state index in [0.29, 0.717) is 5.92 Å². The van der Waals surface area contributed by atoms with Crippen molar-refractivity contribution in [2.75, 3.05) is 0 Å². The summed E-state index contributed by atoms with van der Waals surface area (Å²) in [6.45, 7) is 8.50. The fourth-order valence-electron chi connectivity index (χ4n) is 3.22. The van der Waals surface area contributed by atoms with Gasteiger partial charge in [0, 0.05) is 4.78 Å². The van der Waals surface area contributed by atoms with Crippen LogP contribution in [0.4, 0.5) is 0 Å². The Hall–Kier alpha value is -0.315. The van der Waals surface area contributed by atoms with Crippen molar-refractivity contribution in [1.82, 2.24) is 0 Å². The van der Waals surface area contributed by atoms with Crippen LogP contribution >= 0.6 is 11.3 Å². The van der Waals surface area contributed by atoms with E-state index in [4.69, 9.17) is 9.31 Å². The van der Waals surface area contributed by atoms with E-state index in [9.17, 15) is 0 Å².